The molecule has 0 saturated heterocycles. The first-order valence-corrected chi connectivity index (χ1v) is 3.58. The summed E-state index contributed by atoms with van der Waals surface area (Å²) < 4.78 is 17.2. The minimum absolute atomic E-state index is 0.188. The monoisotopic (exact) mass is 178 g/mol. The number of rotatable bonds is 0. The molecule has 1 aromatic rings. The van der Waals surface area contributed by atoms with E-state index in [0.717, 1.165) is 0 Å². The summed E-state index contributed by atoms with van der Waals surface area (Å²) in [4.78, 5) is 10.6. The van der Waals surface area contributed by atoms with Crippen LogP contribution in [0.1, 0.15) is 5.56 Å². The van der Waals surface area contributed by atoms with Gasteiger partial charge in [0.2, 0.25) is 0 Å². The Labute approximate surface area is 75.3 Å². The van der Waals surface area contributed by atoms with Gasteiger partial charge in [0.15, 0.2) is 0 Å². The summed E-state index contributed by atoms with van der Waals surface area (Å²) in [7, 11) is 1.22. The molecular formula is C10H7FO2. The van der Waals surface area contributed by atoms with Crippen LogP contribution in [0.4, 0.5) is 4.39 Å². The van der Waals surface area contributed by atoms with Crippen molar-refractivity contribution in [3.8, 4) is 11.8 Å². The lowest BCUT2D eigenvalue weighted by Crippen LogP contribution is -1.94. The second-order valence-electron chi connectivity index (χ2n) is 2.22. The third-order valence-corrected chi connectivity index (χ3v) is 1.36. The highest BCUT2D eigenvalue weighted by molar-refractivity contribution is 5.88. The van der Waals surface area contributed by atoms with E-state index in [0.29, 0.717) is 0 Å². The van der Waals surface area contributed by atoms with Gasteiger partial charge in [0, 0.05) is 5.92 Å². The molecular weight excluding hydrogens is 171 g/mol. The van der Waals surface area contributed by atoms with Gasteiger partial charge in [0.05, 0.1) is 12.7 Å². The van der Waals surface area contributed by atoms with Gasteiger partial charge in [-0.05, 0) is 12.1 Å². The lowest BCUT2D eigenvalue weighted by Gasteiger charge is -1.90. The average Bonchev–Trinajstić information content (AvgIpc) is 2.16. The molecule has 0 unspecified atom stereocenters. The first kappa shape index (κ1) is 9.27. The van der Waals surface area contributed by atoms with Crippen LogP contribution in [0.25, 0.3) is 0 Å². The predicted octanol–water partition coefficient (Wildman–Crippen LogP) is 1.35. The summed E-state index contributed by atoms with van der Waals surface area (Å²) in [5.41, 5.74) is 0.188. The molecule has 0 spiro atoms. The number of methoxy groups -OCH3 is 1. The van der Waals surface area contributed by atoms with Crippen LogP contribution in [0.5, 0.6) is 0 Å². The van der Waals surface area contributed by atoms with Crippen LogP contribution >= 0.6 is 0 Å². The molecule has 0 fully saturated rings. The van der Waals surface area contributed by atoms with Gasteiger partial charge in [0.25, 0.3) is 0 Å². The molecule has 0 aliphatic carbocycles. The Morgan fingerprint density at radius 1 is 1.46 bits per heavy atom. The van der Waals surface area contributed by atoms with Gasteiger partial charge in [-0.2, -0.15) is 0 Å². The van der Waals surface area contributed by atoms with E-state index in [-0.39, 0.29) is 5.56 Å². The molecule has 0 saturated carbocycles. The number of hydrogen-bond acceptors (Lipinski definition) is 2. The van der Waals surface area contributed by atoms with E-state index in [1.54, 1.807) is 12.1 Å². The number of carbonyl (C=O) groups is 1. The first-order valence-electron chi connectivity index (χ1n) is 3.58. The zero-order chi connectivity index (χ0) is 9.68. The molecule has 1 rings (SSSR count). The Balaban J connectivity index is 2.89. The van der Waals surface area contributed by atoms with E-state index in [9.17, 15) is 9.18 Å². The fourth-order valence-corrected chi connectivity index (χ4v) is 0.732. The fourth-order valence-electron chi connectivity index (χ4n) is 0.732. The summed E-state index contributed by atoms with van der Waals surface area (Å²) in [5, 5.41) is 0. The molecule has 0 atom stereocenters. The van der Waals surface area contributed by atoms with Crippen molar-refractivity contribution in [3.63, 3.8) is 0 Å². The average molecular weight is 178 g/mol. The second kappa shape index (κ2) is 4.27. The van der Waals surface area contributed by atoms with Crippen LogP contribution in [-0.2, 0) is 9.53 Å². The minimum atomic E-state index is -0.678. The van der Waals surface area contributed by atoms with Gasteiger partial charge in [0.1, 0.15) is 5.82 Å². The molecule has 0 aromatic heterocycles. The molecule has 0 aliphatic rings. The SMILES string of the molecule is COC(=O)C#Cc1ccccc1F. The second-order valence-corrected chi connectivity index (χ2v) is 2.22. The van der Waals surface area contributed by atoms with Crippen molar-refractivity contribution >= 4 is 5.97 Å². The smallest absolute Gasteiger partial charge is 0.384 e. The van der Waals surface area contributed by atoms with Crippen LogP contribution in [0.2, 0.25) is 0 Å². The molecule has 0 bridgehead atoms. The maximum atomic E-state index is 12.9. The molecule has 1 aromatic carbocycles. The Morgan fingerprint density at radius 2 is 2.15 bits per heavy atom. The van der Waals surface area contributed by atoms with Crippen molar-refractivity contribution in [2.75, 3.05) is 7.11 Å². The minimum Gasteiger partial charge on any atom is -0.459 e. The largest absolute Gasteiger partial charge is 0.459 e. The standard InChI is InChI=1S/C10H7FO2/c1-13-10(12)7-6-8-4-2-3-5-9(8)11/h2-5H,1H3. The van der Waals surface area contributed by atoms with Gasteiger partial charge in [-0.1, -0.05) is 18.1 Å². The predicted molar refractivity (Wildman–Crippen MR) is 45.3 cm³/mol. The zero-order valence-corrected chi connectivity index (χ0v) is 7.00. The summed E-state index contributed by atoms with van der Waals surface area (Å²) in [6, 6.07) is 5.97. The van der Waals surface area contributed by atoms with E-state index in [1.165, 1.54) is 19.2 Å². The third kappa shape index (κ3) is 2.60. The van der Waals surface area contributed by atoms with Crippen molar-refractivity contribution < 1.29 is 13.9 Å². The fraction of sp³-hybridized carbons (Fsp3) is 0.100. The number of hydrogen-bond donors (Lipinski definition) is 0. The molecule has 2 nitrogen and oxygen atoms in total. The lowest BCUT2D eigenvalue weighted by molar-refractivity contribution is -0.133. The van der Waals surface area contributed by atoms with Gasteiger partial charge in [-0.3, -0.25) is 0 Å². The van der Waals surface area contributed by atoms with Crippen molar-refractivity contribution in [1.82, 2.24) is 0 Å². The maximum absolute atomic E-state index is 12.9. The molecule has 13 heavy (non-hydrogen) atoms. The van der Waals surface area contributed by atoms with Gasteiger partial charge in [-0.15, -0.1) is 0 Å². The van der Waals surface area contributed by atoms with Crippen LogP contribution in [0.15, 0.2) is 24.3 Å². The molecule has 3 heteroatoms. The van der Waals surface area contributed by atoms with E-state index in [4.69, 9.17) is 0 Å². The lowest BCUT2D eigenvalue weighted by atomic mass is 10.2. The third-order valence-electron chi connectivity index (χ3n) is 1.36. The van der Waals surface area contributed by atoms with E-state index in [2.05, 4.69) is 16.6 Å². The van der Waals surface area contributed by atoms with Crippen LogP contribution in [-0.4, -0.2) is 13.1 Å². The number of carbonyl (C=O) groups excluding carboxylic acids is 1. The highest BCUT2D eigenvalue weighted by Crippen LogP contribution is 2.03. The van der Waals surface area contributed by atoms with Crippen LogP contribution in [0, 0.1) is 17.7 Å². The Kier molecular flexibility index (Phi) is 3.04. The molecule has 0 heterocycles. The summed E-state index contributed by atoms with van der Waals surface area (Å²) in [6.07, 6.45) is 0. The quantitative estimate of drug-likeness (QED) is 0.442. The van der Waals surface area contributed by atoms with Crippen molar-refractivity contribution in [1.29, 1.82) is 0 Å². The van der Waals surface area contributed by atoms with E-state index >= 15 is 0 Å². The summed E-state index contributed by atoms with van der Waals surface area (Å²) >= 11 is 0. The highest BCUT2D eigenvalue weighted by atomic mass is 19.1. The number of benzene rings is 1. The Hall–Kier alpha value is -1.82. The Bertz CT molecular complexity index is 374. The first-order chi connectivity index (χ1) is 6.24. The number of halogens is 1. The van der Waals surface area contributed by atoms with Gasteiger partial charge >= 0.3 is 5.97 Å². The molecule has 0 N–H and O–H groups in total. The zero-order valence-electron chi connectivity index (χ0n) is 7.00. The molecule has 0 radical (unpaired) electrons. The normalized spacial score (nSPS) is 8.46. The Morgan fingerprint density at radius 3 is 2.77 bits per heavy atom. The van der Waals surface area contributed by atoms with Crippen molar-refractivity contribution in [2.24, 2.45) is 0 Å². The van der Waals surface area contributed by atoms with Crippen LogP contribution in [0.3, 0.4) is 0 Å². The van der Waals surface area contributed by atoms with Gasteiger partial charge in [-0.25, -0.2) is 9.18 Å². The molecule has 0 aliphatic heterocycles. The van der Waals surface area contributed by atoms with Crippen molar-refractivity contribution in [3.05, 3.63) is 35.6 Å². The van der Waals surface area contributed by atoms with Crippen molar-refractivity contribution in [2.45, 2.75) is 0 Å². The summed E-state index contributed by atoms with van der Waals surface area (Å²) in [6.45, 7) is 0. The topological polar surface area (TPSA) is 26.3 Å². The van der Waals surface area contributed by atoms with E-state index in [1.807, 2.05) is 0 Å². The highest BCUT2D eigenvalue weighted by Gasteiger charge is 1.96. The maximum Gasteiger partial charge on any atom is 0.384 e. The molecule has 0 amide bonds. The van der Waals surface area contributed by atoms with Crippen LogP contribution < -0.4 is 0 Å². The van der Waals surface area contributed by atoms with Gasteiger partial charge < -0.3 is 4.74 Å². The molecule has 66 valence electrons. The number of esters is 1. The number of ether oxygens (including phenoxy) is 1. The van der Waals surface area contributed by atoms with E-state index < -0.39 is 11.8 Å². The summed E-state index contributed by atoms with van der Waals surface area (Å²) in [5.74, 6) is 3.38.